The van der Waals surface area contributed by atoms with Crippen LogP contribution in [0.15, 0.2) is 48.5 Å². The van der Waals surface area contributed by atoms with E-state index in [1.807, 2.05) is 24.3 Å². The summed E-state index contributed by atoms with van der Waals surface area (Å²) >= 11 is 1.49. The van der Waals surface area contributed by atoms with E-state index >= 15 is 0 Å². The zero-order valence-corrected chi connectivity index (χ0v) is 16.0. The van der Waals surface area contributed by atoms with Gasteiger partial charge >= 0.3 is 0 Å². The topological polar surface area (TPSA) is 72.2 Å². The normalized spacial score (nSPS) is 11.1. The molecule has 0 atom stereocenters. The van der Waals surface area contributed by atoms with Crippen LogP contribution in [0.1, 0.15) is 35.1 Å². The van der Waals surface area contributed by atoms with E-state index in [1.54, 1.807) is 10.6 Å². The van der Waals surface area contributed by atoms with Gasteiger partial charge in [0.05, 0.1) is 0 Å². The predicted molar refractivity (Wildman–Crippen MR) is 106 cm³/mol. The lowest BCUT2D eigenvalue weighted by Crippen LogP contribution is -2.22. The Balaban J connectivity index is 1.44. The standard InChI is InChI=1S/C20H18FN5OS/c1-2-4-17-23-24-20-26(17)25-19(28-20)14-9-7-13(8-10-14)12-22-18(27)15-5-3-6-16(21)11-15/h3,5-11H,2,4,12H2,1H3,(H,22,27). The number of carbonyl (C=O) groups excluding carboxylic acids is 1. The summed E-state index contributed by atoms with van der Waals surface area (Å²) in [5.74, 6) is 0.140. The molecular formula is C20H18FN5OS. The molecule has 1 amide bonds. The molecule has 0 aliphatic rings. The lowest BCUT2D eigenvalue weighted by atomic mass is 10.1. The van der Waals surface area contributed by atoms with Crippen LogP contribution in [0.2, 0.25) is 0 Å². The molecule has 8 heteroatoms. The number of aryl methyl sites for hydroxylation is 1. The van der Waals surface area contributed by atoms with Crippen molar-refractivity contribution in [1.29, 1.82) is 0 Å². The van der Waals surface area contributed by atoms with Gasteiger partial charge in [-0.3, -0.25) is 4.79 Å². The van der Waals surface area contributed by atoms with E-state index < -0.39 is 5.82 Å². The Hall–Kier alpha value is -3.13. The van der Waals surface area contributed by atoms with Crippen LogP contribution in [0.5, 0.6) is 0 Å². The summed E-state index contributed by atoms with van der Waals surface area (Å²) in [6.45, 7) is 2.46. The Kier molecular flexibility index (Phi) is 5.12. The average molecular weight is 395 g/mol. The lowest BCUT2D eigenvalue weighted by molar-refractivity contribution is 0.0950. The van der Waals surface area contributed by atoms with Gasteiger partial charge in [-0.25, -0.2) is 4.39 Å². The van der Waals surface area contributed by atoms with E-state index in [-0.39, 0.29) is 5.91 Å². The van der Waals surface area contributed by atoms with Crippen LogP contribution < -0.4 is 5.32 Å². The third kappa shape index (κ3) is 3.77. The first-order valence-corrected chi connectivity index (χ1v) is 9.80. The molecule has 1 N–H and O–H groups in total. The molecule has 0 aliphatic heterocycles. The van der Waals surface area contributed by atoms with E-state index in [2.05, 4.69) is 27.5 Å². The maximum absolute atomic E-state index is 13.2. The molecule has 6 nitrogen and oxygen atoms in total. The summed E-state index contributed by atoms with van der Waals surface area (Å²) in [6, 6.07) is 13.5. The predicted octanol–water partition coefficient (Wildman–Crippen LogP) is 3.87. The number of hydrogen-bond donors (Lipinski definition) is 1. The fourth-order valence-corrected chi connectivity index (χ4v) is 3.70. The smallest absolute Gasteiger partial charge is 0.251 e. The molecular weight excluding hydrogens is 377 g/mol. The van der Waals surface area contributed by atoms with Gasteiger partial charge in [-0.2, -0.15) is 9.61 Å². The molecule has 0 saturated carbocycles. The molecule has 0 radical (unpaired) electrons. The van der Waals surface area contributed by atoms with Gasteiger partial charge < -0.3 is 5.32 Å². The van der Waals surface area contributed by atoms with Crippen molar-refractivity contribution in [1.82, 2.24) is 25.1 Å². The van der Waals surface area contributed by atoms with Crippen LogP contribution in [0.3, 0.4) is 0 Å². The molecule has 0 fully saturated rings. The van der Waals surface area contributed by atoms with Gasteiger partial charge in [-0.1, -0.05) is 48.6 Å². The van der Waals surface area contributed by atoms with E-state index in [0.29, 0.717) is 12.1 Å². The maximum Gasteiger partial charge on any atom is 0.251 e. The number of aromatic nitrogens is 4. The van der Waals surface area contributed by atoms with Gasteiger partial charge in [0.1, 0.15) is 10.8 Å². The maximum atomic E-state index is 13.2. The zero-order valence-electron chi connectivity index (χ0n) is 15.2. The molecule has 28 heavy (non-hydrogen) atoms. The van der Waals surface area contributed by atoms with Gasteiger partial charge in [-0.05, 0) is 30.2 Å². The molecule has 2 aromatic heterocycles. The van der Waals surface area contributed by atoms with Crippen LogP contribution >= 0.6 is 11.3 Å². The number of fused-ring (bicyclic) bond motifs is 1. The number of hydrogen-bond acceptors (Lipinski definition) is 5. The fourth-order valence-electron chi connectivity index (χ4n) is 2.83. The highest BCUT2D eigenvalue weighted by atomic mass is 32.1. The van der Waals surface area contributed by atoms with Crippen LogP contribution in [0.25, 0.3) is 15.5 Å². The summed E-state index contributed by atoms with van der Waals surface area (Å²) in [5.41, 5.74) is 2.24. The van der Waals surface area contributed by atoms with Crippen LogP contribution in [-0.2, 0) is 13.0 Å². The molecule has 0 aliphatic carbocycles. The van der Waals surface area contributed by atoms with Crippen LogP contribution in [-0.4, -0.2) is 25.7 Å². The van der Waals surface area contributed by atoms with Crippen LogP contribution in [0, 0.1) is 5.82 Å². The highest BCUT2D eigenvalue weighted by Crippen LogP contribution is 2.26. The Morgan fingerprint density at radius 2 is 2.00 bits per heavy atom. The summed E-state index contributed by atoms with van der Waals surface area (Å²) in [7, 11) is 0. The number of halogens is 1. The average Bonchev–Trinajstić information content (AvgIpc) is 3.29. The van der Waals surface area contributed by atoms with Gasteiger partial charge in [0.15, 0.2) is 5.82 Å². The monoisotopic (exact) mass is 395 g/mol. The molecule has 142 valence electrons. The van der Waals surface area contributed by atoms with Crippen molar-refractivity contribution < 1.29 is 9.18 Å². The molecule has 0 spiro atoms. The molecule has 2 aromatic carbocycles. The Labute approximate surface area is 165 Å². The zero-order chi connectivity index (χ0) is 19.5. The number of rotatable bonds is 6. The summed E-state index contributed by atoms with van der Waals surface area (Å²) in [4.78, 5) is 12.9. The SMILES string of the molecule is CCCc1nnc2sc(-c3ccc(CNC(=O)c4cccc(F)c4)cc3)nn12. The van der Waals surface area contributed by atoms with E-state index in [0.717, 1.165) is 39.8 Å². The third-order valence-corrected chi connectivity index (χ3v) is 5.22. The number of nitrogens with zero attached hydrogens (tertiary/aromatic N) is 4. The first kappa shape index (κ1) is 18.2. The summed E-state index contributed by atoms with van der Waals surface area (Å²) in [5, 5.41) is 16.6. The largest absolute Gasteiger partial charge is 0.348 e. The Bertz CT molecular complexity index is 1120. The van der Waals surface area contributed by atoms with Crippen molar-refractivity contribution >= 4 is 22.2 Å². The Morgan fingerprint density at radius 1 is 1.18 bits per heavy atom. The van der Waals surface area contributed by atoms with Crippen molar-refractivity contribution in [2.24, 2.45) is 0 Å². The molecule has 4 rings (SSSR count). The quantitative estimate of drug-likeness (QED) is 0.538. The molecule has 0 saturated heterocycles. The van der Waals surface area contributed by atoms with Crippen molar-refractivity contribution in [3.8, 4) is 10.6 Å². The third-order valence-electron chi connectivity index (χ3n) is 4.27. The molecule has 4 aromatic rings. The second-order valence-corrected chi connectivity index (χ2v) is 7.31. The van der Waals surface area contributed by atoms with E-state index in [1.165, 1.54) is 29.5 Å². The lowest BCUT2D eigenvalue weighted by Gasteiger charge is -2.06. The van der Waals surface area contributed by atoms with Crippen molar-refractivity contribution in [3.63, 3.8) is 0 Å². The van der Waals surface area contributed by atoms with Gasteiger partial charge in [-0.15, -0.1) is 10.2 Å². The van der Waals surface area contributed by atoms with Gasteiger partial charge in [0.2, 0.25) is 4.96 Å². The first-order chi connectivity index (χ1) is 13.6. The number of benzene rings is 2. The molecule has 0 unspecified atom stereocenters. The van der Waals surface area contributed by atoms with E-state index in [9.17, 15) is 9.18 Å². The van der Waals surface area contributed by atoms with Crippen molar-refractivity contribution in [3.05, 3.63) is 71.3 Å². The highest BCUT2D eigenvalue weighted by molar-refractivity contribution is 7.19. The summed E-state index contributed by atoms with van der Waals surface area (Å²) < 4.78 is 15.0. The Morgan fingerprint density at radius 3 is 2.75 bits per heavy atom. The number of nitrogens with one attached hydrogen (secondary N) is 1. The first-order valence-electron chi connectivity index (χ1n) is 8.98. The van der Waals surface area contributed by atoms with Crippen LogP contribution in [0.4, 0.5) is 4.39 Å². The number of amides is 1. The highest BCUT2D eigenvalue weighted by Gasteiger charge is 2.12. The van der Waals surface area contributed by atoms with Crippen molar-refractivity contribution in [2.45, 2.75) is 26.3 Å². The van der Waals surface area contributed by atoms with E-state index in [4.69, 9.17) is 0 Å². The summed E-state index contributed by atoms with van der Waals surface area (Å²) in [6.07, 6.45) is 1.83. The minimum atomic E-state index is -0.427. The van der Waals surface area contributed by atoms with Gasteiger partial charge in [0, 0.05) is 24.1 Å². The van der Waals surface area contributed by atoms with Crippen molar-refractivity contribution in [2.75, 3.05) is 0 Å². The molecule has 0 bridgehead atoms. The fraction of sp³-hybridized carbons (Fsp3) is 0.200. The van der Waals surface area contributed by atoms with Gasteiger partial charge in [0.25, 0.3) is 5.91 Å². The minimum Gasteiger partial charge on any atom is -0.348 e. The second-order valence-electron chi connectivity index (χ2n) is 6.36. The number of carbonyl (C=O) groups is 1. The molecule has 2 heterocycles. The second kappa shape index (κ2) is 7.85. The minimum absolute atomic E-state index is 0.305.